The Bertz CT molecular complexity index is 866. The molecule has 0 aliphatic carbocycles. The zero-order chi connectivity index (χ0) is 22.8. The summed E-state index contributed by atoms with van der Waals surface area (Å²) in [7, 11) is 0. The molecule has 0 saturated carbocycles. The van der Waals surface area contributed by atoms with Crippen molar-refractivity contribution in [1.82, 2.24) is 9.80 Å². The van der Waals surface area contributed by atoms with Crippen LogP contribution in [0.4, 0.5) is 0 Å². The number of ether oxygens (including phenoxy) is 1. The molecular formula is C22H25BrN2O6. The highest BCUT2D eigenvalue weighted by molar-refractivity contribution is 9.10. The smallest absolute Gasteiger partial charge is 0.414 e. The lowest BCUT2D eigenvalue weighted by molar-refractivity contribution is -0.159. The number of nitrogens with zero attached hydrogens (tertiary/aromatic N) is 2. The first kappa shape index (κ1) is 24.4. The fraction of sp³-hybridized carbons (Fsp3) is 0.318. The van der Waals surface area contributed by atoms with E-state index in [1.54, 1.807) is 0 Å². The summed E-state index contributed by atoms with van der Waals surface area (Å²) in [5.41, 5.74) is 2.48. The minimum absolute atomic E-state index is 0.0591. The van der Waals surface area contributed by atoms with E-state index in [1.807, 2.05) is 36.1 Å². The Morgan fingerprint density at radius 1 is 0.903 bits per heavy atom. The summed E-state index contributed by atoms with van der Waals surface area (Å²) in [6.45, 7) is 6.37. The first-order chi connectivity index (χ1) is 14.7. The van der Waals surface area contributed by atoms with Crippen molar-refractivity contribution in [1.29, 1.82) is 0 Å². The van der Waals surface area contributed by atoms with Crippen molar-refractivity contribution in [3.05, 3.63) is 64.1 Å². The maximum Gasteiger partial charge on any atom is 0.414 e. The molecule has 2 aromatic carbocycles. The van der Waals surface area contributed by atoms with E-state index in [0.29, 0.717) is 0 Å². The quantitative estimate of drug-likeness (QED) is 0.617. The number of piperazine rings is 1. The van der Waals surface area contributed by atoms with E-state index in [2.05, 4.69) is 45.1 Å². The molecule has 2 aromatic rings. The van der Waals surface area contributed by atoms with Crippen molar-refractivity contribution in [3.8, 4) is 5.75 Å². The standard InChI is InChI=1S/C20H23BrN2O2.C2H2O4/c1-16-2-8-19(9-3-16)25-15-20(24)23-12-10-22(11-13-23)14-17-4-6-18(21)7-5-17;3-1(4)2(5)6/h2-9H,10-15H2,1H3;(H,3,4)(H,5,6). The second-order valence-electron chi connectivity index (χ2n) is 7.00. The lowest BCUT2D eigenvalue weighted by Gasteiger charge is -2.34. The van der Waals surface area contributed by atoms with Crippen LogP contribution in [0.3, 0.4) is 0 Å². The van der Waals surface area contributed by atoms with Gasteiger partial charge < -0.3 is 19.8 Å². The highest BCUT2D eigenvalue weighted by Gasteiger charge is 2.21. The van der Waals surface area contributed by atoms with Crippen LogP contribution in [0.15, 0.2) is 53.0 Å². The topological polar surface area (TPSA) is 107 Å². The molecule has 0 spiro atoms. The molecule has 166 valence electrons. The normalized spacial score (nSPS) is 13.7. The van der Waals surface area contributed by atoms with Crippen LogP contribution in [0, 0.1) is 6.92 Å². The van der Waals surface area contributed by atoms with Crippen LogP contribution in [-0.4, -0.2) is 70.6 Å². The maximum absolute atomic E-state index is 12.3. The number of carboxylic acid groups (broad SMARTS) is 2. The number of hydrogen-bond donors (Lipinski definition) is 2. The van der Waals surface area contributed by atoms with Crippen LogP contribution in [0.2, 0.25) is 0 Å². The molecule has 8 nitrogen and oxygen atoms in total. The van der Waals surface area contributed by atoms with Crippen molar-refractivity contribution in [2.45, 2.75) is 13.5 Å². The first-order valence-corrected chi connectivity index (χ1v) is 10.4. The number of carboxylic acids is 2. The molecule has 2 N–H and O–H groups in total. The van der Waals surface area contributed by atoms with Gasteiger partial charge in [0.15, 0.2) is 6.61 Å². The van der Waals surface area contributed by atoms with E-state index in [4.69, 9.17) is 24.5 Å². The summed E-state index contributed by atoms with van der Waals surface area (Å²) < 4.78 is 6.70. The molecule has 1 aliphatic rings. The van der Waals surface area contributed by atoms with E-state index in [9.17, 15) is 4.79 Å². The predicted molar refractivity (Wildman–Crippen MR) is 118 cm³/mol. The molecule has 9 heteroatoms. The Labute approximate surface area is 189 Å². The van der Waals surface area contributed by atoms with Gasteiger partial charge >= 0.3 is 11.9 Å². The van der Waals surface area contributed by atoms with Crippen LogP contribution < -0.4 is 4.74 Å². The summed E-state index contributed by atoms with van der Waals surface area (Å²) in [5, 5.41) is 14.8. The summed E-state index contributed by atoms with van der Waals surface area (Å²) in [6.07, 6.45) is 0. The third kappa shape index (κ3) is 8.77. The SMILES string of the molecule is Cc1ccc(OCC(=O)N2CCN(Cc3ccc(Br)cc3)CC2)cc1.O=C(O)C(=O)O. The number of benzene rings is 2. The Kier molecular flexibility index (Phi) is 9.48. The molecule has 0 bridgehead atoms. The second-order valence-corrected chi connectivity index (χ2v) is 7.91. The van der Waals surface area contributed by atoms with Crippen molar-refractivity contribution in [2.75, 3.05) is 32.8 Å². The zero-order valence-electron chi connectivity index (χ0n) is 17.2. The van der Waals surface area contributed by atoms with Gasteiger partial charge in [-0.15, -0.1) is 0 Å². The lowest BCUT2D eigenvalue weighted by atomic mass is 10.2. The maximum atomic E-state index is 12.3. The fourth-order valence-electron chi connectivity index (χ4n) is 2.87. The highest BCUT2D eigenvalue weighted by Crippen LogP contribution is 2.14. The van der Waals surface area contributed by atoms with Gasteiger partial charge in [-0.3, -0.25) is 9.69 Å². The molecule has 1 aliphatic heterocycles. The first-order valence-electron chi connectivity index (χ1n) is 9.65. The molecule has 0 unspecified atom stereocenters. The van der Waals surface area contributed by atoms with Crippen LogP contribution in [0.5, 0.6) is 5.75 Å². The molecule has 3 rings (SSSR count). The predicted octanol–water partition coefficient (Wildman–Crippen LogP) is 2.64. The third-order valence-corrected chi connectivity index (χ3v) is 5.14. The van der Waals surface area contributed by atoms with Crippen molar-refractivity contribution < 1.29 is 29.3 Å². The van der Waals surface area contributed by atoms with Gasteiger partial charge in [-0.25, -0.2) is 9.59 Å². The second kappa shape index (κ2) is 12.1. The Balaban J connectivity index is 0.000000501. The number of halogens is 1. The molecule has 0 atom stereocenters. The number of aryl methyl sites for hydroxylation is 1. The largest absolute Gasteiger partial charge is 0.484 e. The number of amides is 1. The number of rotatable bonds is 5. The van der Waals surface area contributed by atoms with E-state index in [-0.39, 0.29) is 12.5 Å². The van der Waals surface area contributed by atoms with E-state index < -0.39 is 11.9 Å². The van der Waals surface area contributed by atoms with Gasteiger partial charge in [0.25, 0.3) is 5.91 Å². The monoisotopic (exact) mass is 492 g/mol. The van der Waals surface area contributed by atoms with Crippen LogP contribution in [0.1, 0.15) is 11.1 Å². The van der Waals surface area contributed by atoms with Crippen molar-refractivity contribution in [2.24, 2.45) is 0 Å². The average Bonchev–Trinajstić information content (AvgIpc) is 2.75. The highest BCUT2D eigenvalue weighted by atomic mass is 79.9. The molecule has 1 heterocycles. The minimum Gasteiger partial charge on any atom is -0.484 e. The average molecular weight is 493 g/mol. The molecule has 0 aromatic heterocycles. The molecule has 1 amide bonds. The van der Waals surface area contributed by atoms with E-state index in [1.165, 1.54) is 11.1 Å². The number of carbonyl (C=O) groups excluding carboxylic acids is 1. The molecule has 1 saturated heterocycles. The summed E-state index contributed by atoms with van der Waals surface area (Å²) >= 11 is 3.46. The third-order valence-electron chi connectivity index (χ3n) is 4.61. The number of carbonyl (C=O) groups is 3. The Morgan fingerprint density at radius 3 is 1.97 bits per heavy atom. The van der Waals surface area contributed by atoms with Crippen LogP contribution >= 0.6 is 15.9 Å². The molecule has 0 radical (unpaired) electrons. The Hall–Kier alpha value is -2.91. The number of hydrogen-bond acceptors (Lipinski definition) is 5. The lowest BCUT2D eigenvalue weighted by Crippen LogP contribution is -2.49. The Morgan fingerprint density at radius 2 is 1.45 bits per heavy atom. The fourth-order valence-corrected chi connectivity index (χ4v) is 3.14. The summed E-state index contributed by atoms with van der Waals surface area (Å²) in [5.74, 6) is -2.85. The van der Waals surface area contributed by atoms with E-state index in [0.717, 1.165) is 42.9 Å². The van der Waals surface area contributed by atoms with E-state index >= 15 is 0 Å². The van der Waals surface area contributed by atoms with Crippen LogP contribution in [0.25, 0.3) is 0 Å². The molecular weight excluding hydrogens is 468 g/mol. The van der Waals surface area contributed by atoms with Crippen LogP contribution in [-0.2, 0) is 20.9 Å². The molecule has 31 heavy (non-hydrogen) atoms. The van der Waals surface area contributed by atoms with Gasteiger partial charge in [-0.05, 0) is 36.8 Å². The van der Waals surface area contributed by atoms with Gasteiger partial charge in [0, 0.05) is 37.2 Å². The van der Waals surface area contributed by atoms with Gasteiger partial charge in [0.2, 0.25) is 0 Å². The molecule has 1 fully saturated rings. The van der Waals surface area contributed by atoms with Crippen molar-refractivity contribution >= 4 is 33.8 Å². The number of aliphatic carboxylic acids is 2. The summed E-state index contributed by atoms with van der Waals surface area (Å²) in [4.78, 5) is 34.8. The van der Waals surface area contributed by atoms with Gasteiger partial charge in [0.1, 0.15) is 5.75 Å². The zero-order valence-corrected chi connectivity index (χ0v) is 18.7. The van der Waals surface area contributed by atoms with Crippen molar-refractivity contribution in [3.63, 3.8) is 0 Å². The van der Waals surface area contributed by atoms with Gasteiger partial charge in [-0.1, -0.05) is 45.8 Å². The minimum atomic E-state index is -1.82. The summed E-state index contributed by atoms with van der Waals surface area (Å²) in [6, 6.07) is 16.2. The van der Waals surface area contributed by atoms with Gasteiger partial charge in [0.05, 0.1) is 0 Å². The van der Waals surface area contributed by atoms with Gasteiger partial charge in [-0.2, -0.15) is 0 Å².